The van der Waals surface area contributed by atoms with Crippen LogP contribution in [0.15, 0.2) is 18.2 Å². The van der Waals surface area contributed by atoms with Crippen molar-refractivity contribution in [2.75, 3.05) is 12.0 Å². The standard InChI is InChI=1S/C13H14F2N2O2S/c1-20-5-4-11-12(18)17(13(19)16-11)7-8-6-9(14)2-3-10(8)15/h2-3,6,11H,4-5,7H2,1H3,(H,16,19)/t11-/m0/s1. The number of amides is 3. The number of carbonyl (C=O) groups excluding carboxylic acids is 2. The van der Waals surface area contributed by atoms with Crippen LogP contribution in [0.4, 0.5) is 13.6 Å². The molecule has 0 aliphatic carbocycles. The summed E-state index contributed by atoms with van der Waals surface area (Å²) >= 11 is 1.57. The molecule has 0 saturated carbocycles. The molecule has 1 atom stereocenters. The van der Waals surface area contributed by atoms with Gasteiger partial charge in [0, 0.05) is 5.56 Å². The highest BCUT2D eigenvalue weighted by Crippen LogP contribution is 2.17. The molecule has 7 heteroatoms. The molecular formula is C13H14F2N2O2S. The molecule has 0 aromatic heterocycles. The van der Waals surface area contributed by atoms with Gasteiger partial charge in [-0.1, -0.05) is 0 Å². The first kappa shape index (κ1) is 14.8. The van der Waals surface area contributed by atoms with E-state index in [1.165, 1.54) is 0 Å². The summed E-state index contributed by atoms with van der Waals surface area (Å²) < 4.78 is 26.6. The van der Waals surface area contributed by atoms with Gasteiger partial charge in [0.05, 0.1) is 6.54 Å². The Morgan fingerprint density at radius 2 is 2.10 bits per heavy atom. The van der Waals surface area contributed by atoms with E-state index in [0.29, 0.717) is 6.42 Å². The molecule has 1 fully saturated rings. The van der Waals surface area contributed by atoms with Gasteiger partial charge in [0.15, 0.2) is 0 Å². The third-order valence-corrected chi connectivity index (χ3v) is 3.70. The fourth-order valence-electron chi connectivity index (χ4n) is 1.99. The molecule has 0 unspecified atom stereocenters. The number of imide groups is 1. The molecule has 20 heavy (non-hydrogen) atoms. The van der Waals surface area contributed by atoms with Crippen molar-refractivity contribution in [3.8, 4) is 0 Å². The Kier molecular flexibility index (Phi) is 4.59. The average molecular weight is 300 g/mol. The quantitative estimate of drug-likeness (QED) is 0.848. The van der Waals surface area contributed by atoms with Gasteiger partial charge < -0.3 is 5.32 Å². The van der Waals surface area contributed by atoms with Crippen LogP contribution in [0.3, 0.4) is 0 Å². The summed E-state index contributed by atoms with van der Waals surface area (Å²) in [6.45, 7) is -0.260. The highest BCUT2D eigenvalue weighted by atomic mass is 32.2. The van der Waals surface area contributed by atoms with Crippen LogP contribution >= 0.6 is 11.8 Å². The number of benzene rings is 1. The summed E-state index contributed by atoms with van der Waals surface area (Å²) in [7, 11) is 0. The lowest BCUT2D eigenvalue weighted by Gasteiger charge is -2.13. The normalized spacial score (nSPS) is 18.6. The molecule has 1 heterocycles. The van der Waals surface area contributed by atoms with Crippen molar-refractivity contribution < 1.29 is 18.4 Å². The Balaban J connectivity index is 2.11. The zero-order chi connectivity index (χ0) is 14.7. The fourth-order valence-corrected chi connectivity index (χ4v) is 2.46. The van der Waals surface area contributed by atoms with Crippen LogP contribution in [0, 0.1) is 11.6 Å². The molecule has 0 radical (unpaired) electrons. The van der Waals surface area contributed by atoms with E-state index in [1.807, 2.05) is 6.26 Å². The van der Waals surface area contributed by atoms with E-state index in [4.69, 9.17) is 0 Å². The minimum absolute atomic E-state index is 0.0148. The highest BCUT2D eigenvalue weighted by Gasteiger charge is 2.37. The van der Waals surface area contributed by atoms with E-state index in [-0.39, 0.29) is 12.1 Å². The summed E-state index contributed by atoms with van der Waals surface area (Å²) in [6.07, 6.45) is 2.43. The van der Waals surface area contributed by atoms with Gasteiger partial charge in [-0.3, -0.25) is 9.69 Å². The molecule has 1 N–H and O–H groups in total. The smallest absolute Gasteiger partial charge is 0.325 e. The number of carbonyl (C=O) groups is 2. The molecule has 1 aliphatic heterocycles. The Labute approximate surface area is 119 Å². The molecule has 1 saturated heterocycles. The van der Waals surface area contributed by atoms with Crippen molar-refractivity contribution >= 4 is 23.7 Å². The number of nitrogens with one attached hydrogen (secondary N) is 1. The first-order chi connectivity index (χ1) is 9.52. The number of thioether (sulfide) groups is 1. The molecule has 2 rings (SSSR count). The monoisotopic (exact) mass is 300 g/mol. The molecule has 3 amide bonds. The topological polar surface area (TPSA) is 49.4 Å². The number of halogens is 2. The Hall–Kier alpha value is -1.63. The lowest BCUT2D eigenvalue weighted by Crippen LogP contribution is -2.31. The van der Waals surface area contributed by atoms with Crippen molar-refractivity contribution in [2.45, 2.75) is 19.0 Å². The van der Waals surface area contributed by atoms with Crippen molar-refractivity contribution in [3.05, 3.63) is 35.4 Å². The van der Waals surface area contributed by atoms with E-state index >= 15 is 0 Å². The second-order valence-corrected chi connectivity index (χ2v) is 5.43. The fraction of sp³-hybridized carbons (Fsp3) is 0.385. The maximum Gasteiger partial charge on any atom is 0.325 e. The molecule has 0 spiro atoms. The van der Waals surface area contributed by atoms with Gasteiger partial charge in [-0.15, -0.1) is 0 Å². The molecule has 1 aromatic rings. The number of hydrogen-bond acceptors (Lipinski definition) is 3. The molecule has 0 bridgehead atoms. The lowest BCUT2D eigenvalue weighted by atomic mass is 10.2. The first-order valence-electron chi connectivity index (χ1n) is 6.07. The van der Waals surface area contributed by atoms with Crippen LogP contribution in [0.1, 0.15) is 12.0 Å². The molecule has 108 valence electrons. The van der Waals surface area contributed by atoms with Crippen molar-refractivity contribution in [1.82, 2.24) is 10.2 Å². The van der Waals surface area contributed by atoms with Crippen LogP contribution in [-0.2, 0) is 11.3 Å². The molecule has 1 aromatic carbocycles. The second kappa shape index (κ2) is 6.21. The van der Waals surface area contributed by atoms with Gasteiger partial charge in [0.25, 0.3) is 5.91 Å². The average Bonchev–Trinajstić information content (AvgIpc) is 2.68. The summed E-state index contributed by atoms with van der Waals surface area (Å²) in [5.74, 6) is -0.904. The van der Waals surface area contributed by atoms with E-state index in [0.717, 1.165) is 28.9 Å². The Bertz CT molecular complexity index is 539. The van der Waals surface area contributed by atoms with Gasteiger partial charge in [-0.25, -0.2) is 13.6 Å². The molecular weight excluding hydrogens is 286 g/mol. The van der Waals surface area contributed by atoms with Gasteiger partial charge >= 0.3 is 6.03 Å². The summed E-state index contributed by atoms with van der Waals surface area (Å²) in [4.78, 5) is 24.7. The van der Waals surface area contributed by atoms with Crippen LogP contribution in [0.5, 0.6) is 0 Å². The minimum atomic E-state index is -0.639. The maximum absolute atomic E-state index is 13.5. The number of rotatable bonds is 5. The van der Waals surface area contributed by atoms with Gasteiger partial charge in [0.2, 0.25) is 0 Å². The zero-order valence-electron chi connectivity index (χ0n) is 10.9. The third kappa shape index (κ3) is 3.09. The van der Waals surface area contributed by atoms with E-state index in [1.54, 1.807) is 11.8 Å². The minimum Gasteiger partial charge on any atom is -0.326 e. The lowest BCUT2D eigenvalue weighted by molar-refractivity contribution is -0.127. The Morgan fingerprint density at radius 1 is 1.35 bits per heavy atom. The van der Waals surface area contributed by atoms with Gasteiger partial charge in [-0.05, 0) is 36.6 Å². The maximum atomic E-state index is 13.5. The number of hydrogen-bond donors (Lipinski definition) is 1. The third-order valence-electron chi connectivity index (χ3n) is 3.05. The van der Waals surface area contributed by atoms with E-state index in [2.05, 4.69) is 5.32 Å². The summed E-state index contributed by atoms with van der Waals surface area (Å²) in [6, 6.07) is 1.82. The van der Waals surface area contributed by atoms with Crippen molar-refractivity contribution in [3.63, 3.8) is 0 Å². The van der Waals surface area contributed by atoms with Crippen molar-refractivity contribution in [1.29, 1.82) is 0 Å². The van der Waals surface area contributed by atoms with Crippen LogP contribution < -0.4 is 5.32 Å². The zero-order valence-corrected chi connectivity index (χ0v) is 11.7. The van der Waals surface area contributed by atoms with Crippen LogP contribution in [-0.4, -0.2) is 34.9 Å². The van der Waals surface area contributed by atoms with E-state index < -0.39 is 29.6 Å². The SMILES string of the molecule is CSCC[C@@H]1NC(=O)N(Cc2cc(F)ccc2F)C1=O. The summed E-state index contributed by atoms with van der Waals surface area (Å²) in [5, 5.41) is 2.55. The highest BCUT2D eigenvalue weighted by molar-refractivity contribution is 7.98. The number of nitrogens with zero attached hydrogens (tertiary/aromatic N) is 1. The van der Waals surface area contributed by atoms with Gasteiger partial charge in [0.1, 0.15) is 17.7 Å². The predicted octanol–water partition coefficient (Wildman–Crippen LogP) is 2.14. The Morgan fingerprint density at radius 3 is 2.80 bits per heavy atom. The second-order valence-electron chi connectivity index (χ2n) is 4.44. The largest absolute Gasteiger partial charge is 0.326 e. The van der Waals surface area contributed by atoms with Crippen LogP contribution in [0.25, 0.3) is 0 Å². The van der Waals surface area contributed by atoms with E-state index in [9.17, 15) is 18.4 Å². The molecule has 1 aliphatic rings. The first-order valence-corrected chi connectivity index (χ1v) is 7.47. The van der Waals surface area contributed by atoms with Gasteiger partial charge in [-0.2, -0.15) is 11.8 Å². The predicted molar refractivity (Wildman–Crippen MR) is 72.2 cm³/mol. The number of urea groups is 1. The summed E-state index contributed by atoms with van der Waals surface area (Å²) in [5.41, 5.74) is -0.0148. The van der Waals surface area contributed by atoms with Crippen LogP contribution in [0.2, 0.25) is 0 Å². The molecule has 4 nitrogen and oxygen atoms in total. The van der Waals surface area contributed by atoms with Crippen molar-refractivity contribution in [2.24, 2.45) is 0 Å².